The van der Waals surface area contributed by atoms with Gasteiger partial charge in [-0.15, -0.1) is 0 Å². The van der Waals surface area contributed by atoms with E-state index in [0.29, 0.717) is 62.5 Å². The highest BCUT2D eigenvalue weighted by molar-refractivity contribution is 5.32. The Balaban J connectivity index is 1.19. The summed E-state index contributed by atoms with van der Waals surface area (Å²) in [7, 11) is 0. The van der Waals surface area contributed by atoms with Crippen molar-refractivity contribution in [3.63, 3.8) is 0 Å². The first kappa shape index (κ1) is 29.2. The van der Waals surface area contributed by atoms with Gasteiger partial charge >= 0.3 is 12.3 Å². The van der Waals surface area contributed by atoms with Crippen LogP contribution >= 0.6 is 0 Å². The van der Waals surface area contributed by atoms with E-state index in [0.717, 1.165) is 38.5 Å². The largest absolute Gasteiger partial charge is 0.493 e. The summed E-state index contributed by atoms with van der Waals surface area (Å²) in [5.41, 5.74) is -0.438. The fourth-order valence-electron chi connectivity index (χ4n) is 6.44. The average molecular weight is 551 g/mol. The van der Waals surface area contributed by atoms with Crippen molar-refractivity contribution in [3.05, 3.63) is 41.0 Å². The normalized spacial score (nSPS) is 29.2. The zero-order valence-corrected chi connectivity index (χ0v) is 21.8. The fraction of sp³-hybridized carbons (Fsp3) is 0.724. The molecule has 2 saturated carbocycles. The molecule has 0 heterocycles. The molecule has 0 aromatic heterocycles. The fourth-order valence-corrected chi connectivity index (χ4v) is 6.44. The van der Waals surface area contributed by atoms with E-state index in [-0.39, 0.29) is 18.3 Å². The molecule has 214 valence electrons. The molecule has 1 unspecified atom stereocenters. The van der Waals surface area contributed by atoms with Gasteiger partial charge in [-0.25, -0.2) is 8.78 Å². The Morgan fingerprint density at radius 2 is 1.45 bits per heavy atom. The van der Waals surface area contributed by atoms with Gasteiger partial charge in [-0.1, -0.05) is 18.6 Å². The van der Waals surface area contributed by atoms with E-state index in [1.54, 1.807) is 0 Å². The van der Waals surface area contributed by atoms with Gasteiger partial charge in [0.05, 0.1) is 18.6 Å². The summed E-state index contributed by atoms with van der Waals surface area (Å²) in [4.78, 5) is 0. The highest BCUT2D eigenvalue weighted by atomic mass is 19.4. The van der Waals surface area contributed by atoms with Gasteiger partial charge in [-0.2, -0.15) is 22.0 Å². The van der Waals surface area contributed by atoms with Crippen LogP contribution in [0.5, 0.6) is 5.75 Å². The number of benzene rings is 1. The molecule has 0 saturated heterocycles. The van der Waals surface area contributed by atoms with Crippen LogP contribution in [0, 0.1) is 35.3 Å². The molecular formula is C29H37F7O2. The molecular weight excluding hydrogens is 513 g/mol. The highest BCUT2D eigenvalue weighted by Gasteiger charge is 2.45. The first-order chi connectivity index (χ1) is 18.0. The quantitative estimate of drug-likeness (QED) is 0.237. The van der Waals surface area contributed by atoms with Crippen molar-refractivity contribution in [1.29, 1.82) is 0 Å². The van der Waals surface area contributed by atoms with Gasteiger partial charge in [-0.3, -0.25) is 0 Å². The van der Waals surface area contributed by atoms with Crippen LogP contribution in [0.25, 0.3) is 0 Å². The minimum absolute atomic E-state index is 0.0352. The van der Waals surface area contributed by atoms with Gasteiger partial charge in [0.2, 0.25) is 0 Å². The topological polar surface area (TPSA) is 18.5 Å². The smallest absolute Gasteiger partial charge is 0.422 e. The summed E-state index contributed by atoms with van der Waals surface area (Å²) in [5, 5.41) is 0. The monoisotopic (exact) mass is 550 g/mol. The lowest BCUT2D eigenvalue weighted by Crippen LogP contribution is -2.40. The Kier molecular flexibility index (Phi) is 9.36. The van der Waals surface area contributed by atoms with Gasteiger partial charge < -0.3 is 9.47 Å². The number of rotatable bonds is 8. The molecule has 3 aliphatic rings. The maximum absolute atomic E-state index is 15.0. The van der Waals surface area contributed by atoms with Crippen molar-refractivity contribution in [1.82, 2.24) is 0 Å². The molecule has 4 rings (SSSR count). The summed E-state index contributed by atoms with van der Waals surface area (Å²) >= 11 is 0. The van der Waals surface area contributed by atoms with Crippen LogP contribution in [-0.2, 0) is 10.9 Å². The van der Waals surface area contributed by atoms with E-state index in [2.05, 4.69) is 13.0 Å². The Labute approximate surface area is 220 Å². The second kappa shape index (κ2) is 12.2. The summed E-state index contributed by atoms with van der Waals surface area (Å²) < 4.78 is 106. The Bertz CT molecular complexity index is 935. The van der Waals surface area contributed by atoms with Gasteiger partial charge in [0.15, 0.2) is 0 Å². The third-order valence-electron chi connectivity index (χ3n) is 8.82. The molecule has 1 atom stereocenters. The number of hydrogen-bond donors (Lipinski definition) is 0. The molecule has 2 fully saturated rings. The zero-order chi connectivity index (χ0) is 27.5. The van der Waals surface area contributed by atoms with Crippen LogP contribution in [0.2, 0.25) is 0 Å². The van der Waals surface area contributed by atoms with Crippen molar-refractivity contribution in [2.45, 2.75) is 102 Å². The van der Waals surface area contributed by atoms with Crippen molar-refractivity contribution in [3.8, 4) is 5.75 Å². The number of allylic oxidation sites excluding steroid dienone is 2. The maximum Gasteiger partial charge on any atom is 0.422 e. The number of hydrogen-bond acceptors (Lipinski definition) is 2. The second-order valence-electron chi connectivity index (χ2n) is 11.3. The average Bonchev–Trinajstić information content (AvgIpc) is 2.87. The highest BCUT2D eigenvalue weighted by Crippen LogP contribution is 2.46. The Morgan fingerprint density at radius 1 is 0.816 bits per heavy atom. The lowest BCUT2D eigenvalue weighted by Gasteiger charge is -2.39. The third kappa shape index (κ3) is 7.24. The summed E-state index contributed by atoms with van der Waals surface area (Å²) in [6.45, 7) is 2.21. The number of halogens is 7. The molecule has 1 aromatic rings. The molecule has 0 aliphatic heterocycles. The van der Waals surface area contributed by atoms with Crippen LogP contribution in [0.15, 0.2) is 23.8 Å². The van der Waals surface area contributed by atoms with Crippen molar-refractivity contribution < 1.29 is 40.2 Å². The van der Waals surface area contributed by atoms with Crippen LogP contribution in [0.1, 0.15) is 89.5 Å². The standard InChI is InChI=1S/C29H37F7O2/c1-2-18-3-7-20(8-4-18)21-9-11-22(12-10-21)29(35,36)38-23-13-5-19(6-14-23)17-37-24-15-25(30)27(26(31)16-24)28(32,33)34/h3,15-16,19-23H,2,4-14,17H2,1H3. The summed E-state index contributed by atoms with van der Waals surface area (Å²) in [5.74, 6) is -3.51. The van der Waals surface area contributed by atoms with E-state index in [4.69, 9.17) is 9.47 Å². The van der Waals surface area contributed by atoms with Gasteiger partial charge in [-0.05, 0) is 94.8 Å². The van der Waals surface area contributed by atoms with Crippen molar-refractivity contribution in [2.75, 3.05) is 6.61 Å². The van der Waals surface area contributed by atoms with E-state index in [1.165, 1.54) is 5.57 Å². The van der Waals surface area contributed by atoms with Gasteiger partial charge in [0.25, 0.3) is 0 Å². The number of ether oxygens (including phenoxy) is 2. The van der Waals surface area contributed by atoms with Crippen molar-refractivity contribution >= 4 is 0 Å². The molecule has 1 aromatic carbocycles. The van der Waals surface area contributed by atoms with E-state index >= 15 is 8.78 Å². The van der Waals surface area contributed by atoms with Crippen molar-refractivity contribution in [2.24, 2.45) is 23.7 Å². The van der Waals surface area contributed by atoms with Gasteiger partial charge in [0, 0.05) is 12.1 Å². The predicted molar refractivity (Wildman–Crippen MR) is 130 cm³/mol. The maximum atomic E-state index is 15.0. The Morgan fingerprint density at radius 3 is 1.97 bits per heavy atom. The second-order valence-corrected chi connectivity index (χ2v) is 11.3. The van der Waals surface area contributed by atoms with E-state index in [9.17, 15) is 22.0 Å². The molecule has 0 spiro atoms. The van der Waals surface area contributed by atoms with Crippen LogP contribution in [-0.4, -0.2) is 18.8 Å². The SMILES string of the molecule is CCC1=CCC(C2CCC(C(F)(F)OC3CCC(COc4cc(F)c(C(F)(F)F)c(F)c4)CC3)CC2)CC1. The zero-order valence-electron chi connectivity index (χ0n) is 21.8. The summed E-state index contributed by atoms with van der Waals surface area (Å²) in [6.07, 6.45) is 2.36. The van der Waals surface area contributed by atoms with Crippen LogP contribution in [0.3, 0.4) is 0 Å². The molecule has 0 N–H and O–H groups in total. The third-order valence-corrected chi connectivity index (χ3v) is 8.82. The summed E-state index contributed by atoms with van der Waals surface area (Å²) in [6, 6.07) is 1.03. The molecule has 3 aliphatic carbocycles. The Hall–Kier alpha value is -1.77. The minimum atomic E-state index is -5.14. The van der Waals surface area contributed by atoms with Gasteiger partial charge in [0.1, 0.15) is 22.9 Å². The molecule has 9 heteroatoms. The first-order valence-corrected chi connectivity index (χ1v) is 13.9. The lowest BCUT2D eigenvalue weighted by molar-refractivity contribution is -0.302. The minimum Gasteiger partial charge on any atom is -0.493 e. The number of alkyl halides is 5. The molecule has 0 amide bonds. The van der Waals surface area contributed by atoms with Crippen LogP contribution < -0.4 is 4.74 Å². The molecule has 38 heavy (non-hydrogen) atoms. The lowest BCUT2D eigenvalue weighted by atomic mass is 9.71. The predicted octanol–water partition coefficient (Wildman–Crippen LogP) is 9.47. The van der Waals surface area contributed by atoms with Crippen LogP contribution in [0.4, 0.5) is 30.7 Å². The van der Waals surface area contributed by atoms with E-state index in [1.807, 2.05) is 0 Å². The van der Waals surface area contributed by atoms with E-state index < -0.39 is 41.5 Å². The molecule has 0 radical (unpaired) electrons. The first-order valence-electron chi connectivity index (χ1n) is 13.9. The molecule has 0 bridgehead atoms. The molecule has 2 nitrogen and oxygen atoms in total.